The van der Waals surface area contributed by atoms with Gasteiger partial charge in [0.2, 0.25) is 21.7 Å². The number of amides is 1. The highest BCUT2D eigenvalue weighted by atomic mass is 79.9. The van der Waals surface area contributed by atoms with Crippen LogP contribution in [0.4, 0.5) is 0 Å². The number of nitrogens with zero attached hydrogens (tertiary/aromatic N) is 3. The zero-order valence-corrected chi connectivity index (χ0v) is 17.9. The Morgan fingerprint density at radius 1 is 1.21 bits per heavy atom. The van der Waals surface area contributed by atoms with Crippen molar-refractivity contribution >= 4 is 31.9 Å². The number of nitrogens with one attached hydrogen (secondary N) is 1. The zero-order valence-electron chi connectivity index (χ0n) is 15.5. The summed E-state index contributed by atoms with van der Waals surface area (Å²) in [6.45, 7) is 3.77. The highest BCUT2D eigenvalue weighted by Crippen LogP contribution is 2.26. The molecule has 2 aromatic heterocycles. The van der Waals surface area contributed by atoms with E-state index in [1.165, 1.54) is 18.2 Å². The van der Waals surface area contributed by atoms with Gasteiger partial charge in [0.25, 0.3) is 5.91 Å². The van der Waals surface area contributed by atoms with Crippen LogP contribution in [0.5, 0.6) is 0 Å². The molecule has 1 atom stereocenters. The van der Waals surface area contributed by atoms with E-state index < -0.39 is 22.0 Å². The third kappa shape index (κ3) is 4.86. The van der Waals surface area contributed by atoms with Gasteiger partial charge in [0.1, 0.15) is 6.04 Å². The number of pyridine rings is 1. The van der Waals surface area contributed by atoms with Crippen molar-refractivity contribution in [2.75, 3.05) is 0 Å². The van der Waals surface area contributed by atoms with Gasteiger partial charge in [-0.15, -0.1) is 0 Å². The zero-order chi connectivity index (χ0) is 21.2. The van der Waals surface area contributed by atoms with Gasteiger partial charge in [0.15, 0.2) is 0 Å². The molecule has 0 radical (unpaired) electrons. The van der Waals surface area contributed by atoms with Crippen molar-refractivity contribution in [1.82, 2.24) is 20.4 Å². The van der Waals surface area contributed by atoms with E-state index in [1.54, 1.807) is 24.5 Å². The molecule has 3 rings (SSSR count). The highest BCUT2D eigenvalue weighted by molar-refractivity contribution is 9.10. The van der Waals surface area contributed by atoms with Crippen LogP contribution in [0, 0.1) is 5.92 Å². The van der Waals surface area contributed by atoms with Crippen molar-refractivity contribution in [3.05, 3.63) is 58.7 Å². The fourth-order valence-corrected chi connectivity index (χ4v) is 3.53. The van der Waals surface area contributed by atoms with Crippen LogP contribution >= 0.6 is 15.9 Å². The lowest BCUT2D eigenvalue weighted by molar-refractivity contribution is 0.0913. The lowest BCUT2D eigenvalue weighted by atomic mass is 10.0. The minimum absolute atomic E-state index is 0.0788. The number of primary sulfonamides is 1. The second-order valence-electron chi connectivity index (χ2n) is 6.57. The van der Waals surface area contributed by atoms with Crippen molar-refractivity contribution in [2.45, 2.75) is 24.8 Å². The molecule has 1 aromatic carbocycles. The lowest BCUT2D eigenvalue weighted by Gasteiger charge is -2.19. The Hall–Kier alpha value is -2.63. The fourth-order valence-electron chi connectivity index (χ4n) is 2.57. The second-order valence-corrected chi connectivity index (χ2v) is 8.99. The molecule has 0 fully saturated rings. The normalized spacial score (nSPS) is 12.7. The SMILES string of the molecule is CC(C)C(NC(=O)c1cc(S(N)(=O)=O)ccc1Br)c1nc(-c2ccncc2)no1. The molecule has 11 heteroatoms. The van der Waals surface area contributed by atoms with Crippen molar-refractivity contribution in [1.29, 1.82) is 0 Å². The van der Waals surface area contributed by atoms with Gasteiger partial charge >= 0.3 is 0 Å². The van der Waals surface area contributed by atoms with Gasteiger partial charge in [-0.25, -0.2) is 13.6 Å². The molecule has 2 heterocycles. The Balaban J connectivity index is 1.89. The Morgan fingerprint density at radius 2 is 1.90 bits per heavy atom. The summed E-state index contributed by atoms with van der Waals surface area (Å²) < 4.78 is 29.0. The summed E-state index contributed by atoms with van der Waals surface area (Å²) in [5.41, 5.74) is 0.850. The highest BCUT2D eigenvalue weighted by Gasteiger charge is 2.26. The molecule has 9 nitrogen and oxygen atoms in total. The van der Waals surface area contributed by atoms with Crippen LogP contribution in [-0.2, 0) is 10.0 Å². The Kier molecular flexibility index (Phi) is 6.10. The summed E-state index contributed by atoms with van der Waals surface area (Å²) in [6.07, 6.45) is 3.23. The van der Waals surface area contributed by atoms with Gasteiger partial charge in [-0.05, 0) is 52.2 Å². The van der Waals surface area contributed by atoms with Crippen LogP contribution in [0.15, 0.2) is 56.6 Å². The number of halogens is 1. The van der Waals surface area contributed by atoms with E-state index in [9.17, 15) is 13.2 Å². The lowest BCUT2D eigenvalue weighted by Crippen LogP contribution is -2.32. The van der Waals surface area contributed by atoms with Gasteiger partial charge in [-0.2, -0.15) is 4.98 Å². The number of rotatable bonds is 6. The van der Waals surface area contributed by atoms with E-state index in [4.69, 9.17) is 9.66 Å². The van der Waals surface area contributed by atoms with Gasteiger partial charge in [-0.3, -0.25) is 9.78 Å². The summed E-state index contributed by atoms with van der Waals surface area (Å²) in [4.78, 5) is 21.0. The molecule has 0 aliphatic carbocycles. The first-order valence-corrected chi connectivity index (χ1v) is 10.9. The third-order valence-electron chi connectivity index (χ3n) is 4.11. The maximum atomic E-state index is 12.8. The monoisotopic (exact) mass is 479 g/mol. The Labute approximate surface area is 175 Å². The minimum atomic E-state index is -3.95. The number of carbonyl (C=O) groups excluding carboxylic acids is 1. The average molecular weight is 480 g/mol. The van der Waals surface area contributed by atoms with E-state index in [0.717, 1.165) is 5.56 Å². The summed E-state index contributed by atoms with van der Waals surface area (Å²) in [6, 6.07) is 6.88. The Morgan fingerprint density at radius 3 is 2.52 bits per heavy atom. The first kappa shape index (κ1) is 21.1. The summed E-state index contributed by atoms with van der Waals surface area (Å²) >= 11 is 3.26. The number of sulfonamides is 1. The predicted molar refractivity (Wildman–Crippen MR) is 108 cm³/mol. The first-order valence-electron chi connectivity index (χ1n) is 8.54. The van der Waals surface area contributed by atoms with Crippen molar-refractivity contribution in [2.24, 2.45) is 11.1 Å². The maximum Gasteiger partial charge on any atom is 0.253 e. The third-order valence-corrected chi connectivity index (χ3v) is 5.71. The molecule has 29 heavy (non-hydrogen) atoms. The number of nitrogens with two attached hydrogens (primary N) is 1. The van der Waals surface area contributed by atoms with Crippen LogP contribution in [-0.4, -0.2) is 29.4 Å². The van der Waals surface area contributed by atoms with Gasteiger partial charge in [-0.1, -0.05) is 19.0 Å². The van der Waals surface area contributed by atoms with Crippen LogP contribution in [0.1, 0.15) is 36.1 Å². The second kappa shape index (κ2) is 8.39. The number of hydrogen-bond donors (Lipinski definition) is 2. The number of aromatic nitrogens is 3. The average Bonchev–Trinajstić information content (AvgIpc) is 3.15. The molecule has 1 unspecified atom stereocenters. The summed E-state index contributed by atoms with van der Waals surface area (Å²) in [7, 11) is -3.95. The van der Waals surface area contributed by atoms with Crippen LogP contribution in [0.25, 0.3) is 11.4 Å². The molecule has 0 aliphatic rings. The number of hydrogen-bond acceptors (Lipinski definition) is 7. The molecule has 0 saturated carbocycles. The van der Waals surface area contributed by atoms with Gasteiger partial charge < -0.3 is 9.84 Å². The van der Waals surface area contributed by atoms with Crippen LogP contribution in [0.3, 0.4) is 0 Å². The van der Waals surface area contributed by atoms with Crippen molar-refractivity contribution in [3.63, 3.8) is 0 Å². The fraction of sp³-hybridized carbons (Fsp3) is 0.222. The minimum Gasteiger partial charge on any atom is -0.340 e. The molecular formula is C18H18BrN5O4S. The van der Waals surface area contributed by atoms with Gasteiger partial charge in [0.05, 0.1) is 10.5 Å². The van der Waals surface area contributed by atoms with Gasteiger partial charge in [0, 0.05) is 22.4 Å². The van der Waals surface area contributed by atoms with Crippen molar-refractivity contribution < 1.29 is 17.7 Å². The molecule has 3 aromatic rings. The standard InChI is InChI=1S/C18H18BrN5O4S/c1-10(2)15(18-23-16(24-28-18)11-5-7-21-8-6-11)22-17(25)13-9-12(29(20,26)27)3-4-14(13)19/h3-10,15H,1-2H3,(H,22,25)(H2,20,26,27). The molecule has 0 bridgehead atoms. The smallest absolute Gasteiger partial charge is 0.253 e. The molecule has 152 valence electrons. The van der Waals surface area contributed by atoms with Crippen LogP contribution in [0.2, 0.25) is 0 Å². The molecular weight excluding hydrogens is 462 g/mol. The number of benzene rings is 1. The topological polar surface area (TPSA) is 141 Å². The first-order chi connectivity index (χ1) is 13.7. The molecule has 3 N–H and O–H groups in total. The molecule has 0 aliphatic heterocycles. The quantitative estimate of drug-likeness (QED) is 0.553. The van der Waals surface area contributed by atoms with E-state index >= 15 is 0 Å². The Bertz CT molecular complexity index is 1130. The summed E-state index contributed by atoms with van der Waals surface area (Å²) in [5.74, 6) is 0.0215. The molecule has 0 saturated heterocycles. The molecule has 1 amide bonds. The van der Waals surface area contributed by atoms with E-state index in [0.29, 0.717) is 10.3 Å². The van der Waals surface area contributed by atoms with E-state index in [1.807, 2.05) is 13.8 Å². The van der Waals surface area contributed by atoms with Crippen LogP contribution < -0.4 is 10.5 Å². The molecule has 0 spiro atoms. The maximum absolute atomic E-state index is 12.8. The van der Waals surface area contributed by atoms with E-state index in [2.05, 4.69) is 36.4 Å². The largest absolute Gasteiger partial charge is 0.340 e. The van der Waals surface area contributed by atoms with Crippen molar-refractivity contribution in [3.8, 4) is 11.4 Å². The summed E-state index contributed by atoms with van der Waals surface area (Å²) in [5, 5.41) is 11.9. The number of carbonyl (C=O) groups is 1. The predicted octanol–water partition coefficient (Wildman–Crippen LogP) is 2.67. The van der Waals surface area contributed by atoms with E-state index in [-0.39, 0.29) is 22.3 Å².